The van der Waals surface area contributed by atoms with Crippen LogP contribution in [0.2, 0.25) is 0 Å². The summed E-state index contributed by atoms with van der Waals surface area (Å²) in [6.07, 6.45) is 2.85. The van der Waals surface area contributed by atoms with Crippen LogP contribution in [0.25, 0.3) is 0 Å². The normalized spacial score (nSPS) is 7.44. The molecule has 0 amide bonds. The van der Waals surface area contributed by atoms with Crippen LogP contribution in [0, 0.1) is 18.9 Å². The molecule has 0 aromatic heterocycles. The van der Waals surface area contributed by atoms with Crippen molar-refractivity contribution in [2.45, 2.75) is 20.8 Å². The molecule has 2 heteroatoms. The molecule has 1 radical (unpaired) electrons. The van der Waals surface area contributed by atoms with Crippen LogP contribution in [-0.4, -0.2) is 0 Å². The average molecular weight is 371 g/mol. The van der Waals surface area contributed by atoms with Crippen LogP contribution in [0.1, 0.15) is 20.8 Å². The Morgan fingerprint density at radius 2 is 1.33 bits per heavy atom. The third kappa shape index (κ3) is 26.3. The van der Waals surface area contributed by atoms with Gasteiger partial charge in [0, 0.05) is 53.8 Å². The van der Waals surface area contributed by atoms with Crippen LogP contribution >= 0.6 is 0 Å². The summed E-state index contributed by atoms with van der Waals surface area (Å²) >= 11 is 0. The minimum atomic E-state index is 0. The van der Waals surface area contributed by atoms with E-state index in [2.05, 4.69) is 33.4 Å². The first-order chi connectivity index (χ1) is 2.56. The van der Waals surface area contributed by atoms with Gasteiger partial charge in [0.15, 0.2) is 0 Å². The van der Waals surface area contributed by atoms with Gasteiger partial charge in [0.2, 0.25) is 0 Å². The van der Waals surface area contributed by atoms with Crippen LogP contribution < -0.4 is 0 Å². The molecule has 0 aliphatic carbocycles. The molecule has 0 fully saturated rings. The Balaban J connectivity index is -0.0000000417. The molecule has 0 heterocycles. The second kappa shape index (κ2) is 9.53. The van der Waals surface area contributed by atoms with Gasteiger partial charge in [0.05, 0.1) is 0 Å². The minimum absolute atomic E-state index is 0. The molecular formula is C7H14WY-2. The Labute approximate surface area is 99.0 Å². The van der Waals surface area contributed by atoms with Gasteiger partial charge in [0.1, 0.15) is 0 Å². The van der Waals surface area contributed by atoms with Gasteiger partial charge in [-0.15, -0.1) is 0 Å². The number of allylic oxidation sites excluding steroid dienone is 1. The van der Waals surface area contributed by atoms with Gasteiger partial charge in [0.25, 0.3) is 0 Å². The van der Waals surface area contributed by atoms with Gasteiger partial charge in [-0.2, -0.15) is 5.41 Å². The molecule has 0 atom stereocenters. The van der Waals surface area contributed by atoms with E-state index in [-0.39, 0.29) is 66.6 Å². The molecule has 0 aromatic rings. The van der Waals surface area contributed by atoms with Crippen molar-refractivity contribution >= 4 is 0 Å². The van der Waals surface area contributed by atoms with Crippen LogP contribution in [0.4, 0.5) is 0 Å². The van der Waals surface area contributed by atoms with Crippen molar-refractivity contribution in [1.82, 2.24) is 0 Å². The summed E-state index contributed by atoms with van der Waals surface area (Å²) in [6.45, 7) is 9.72. The molecule has 0 saturated carbocycles. The van der Waals surface area contributed by atoms with E-state index in [9.17, 15) is 0 Å². The summed E-state index contributed by atoms with van der Waals surface area (Å²) in [5.41, 5.74) is 0.181. The second-order valence-corrected chi connectivity index (χ2v) is 2.43. The molecule has 0 unspecified atom stereocenters. The zero-order valence-electron chi connectivity index (χ0n) is 6.69. The Morgan fingerprint density at radius 3 is 1.33 bits per heavy atom. The Hall–Kier alpha value is 1.53. The first-order valence-electron chi connectivity index (χ1n) is 2.10. The van der Waals surface area contributed by atoms with Crippen molar-refractivity contribution in [2.75, 3.05) is 0 Å². The number of hydrogen-bond donors (Lipinski definition) is 0. The molecule has 0 bridgehead atoms. The third-order valence-electron chi connectivity index (χ3n) is 0.530. The Morgan fingerprint density at radius 1 is 1.22 bits per heavy atom. The predicted octanol–water partition coefficient (Wildman–Crippen LogP) is 2.47. The maximum atomic E-state index is 3.51. The molecular weight excluding hydrogens is 357 g/mol. The van der Waals surface area contributed by atoms with Gasteiger partial charge in [-0.25, -0.2) is 0 Å². The van der Waals surface area contributed by atoms with Crippen molar-refractivity contribution in [3.63, 3.8) is 0 Å². The van der Waals surface area contributed by atoms with Gasteiger partial charge in [-0.05, 0) is 0 Å². The van der Waals surface area contributed by atoms with E-state index >= 15 is 0 Å². The van der Waals surface area contributed by atoms with Gasteiger partial charge in [-0.1, -0.05) is 20.8 Å². The van der Waals surface area contributed by atoms with Crippen molar-refractivity contribution in [3.8, 4) is 0 Å². The van der Waals surface area contributed by atoms with E-state index in [4.69, 9.17) is 0 Å². The molecule has 9 heavy (non-hydrogen) atoms. The van der Waals surface area contributed by atoms with Crippen molar-refractivity contribution < 1.29 is 53.8 Å². The van der Waals surface area contributed by atoms with E-state index in [0.717, 1.165) is 0 Å². The molecule has 0 N–H and O–H groups in total. The van der Waals surface area contributed by atoms with Crippen LogP contribution in [-0.2, 0) is 53.8 Å². The molecule has 0 nitrogen and oxygen atoms in total. The van der Waals surface area contributed by atoms with Crippen LogP contribution in [0.15, 0.2) is 6.58 Å². The number of hydrogen-bond acceptors (Lipinski definition) is 0. The predicted molar refractivity (Wildman–Crippen MR) is 34.7 cm³/mol. The van der Waals surface area contributed by atoms with Gasteiger partial charge < -0.3 is 13.5 Å². The monoisotopic (exact) mass is 371 g/mol. The fourth-order valence-corrected chi connectivity index (χ4v) is 0. The first-order valence-corrected chi connectivity index (χ1v) is 2.10. The van der Waals surface area contributed by atoms with Gasteiger partial charge in [-0.3, -0.25) is 6.58 Å². The molecule has 0 saturated heterocycles. The van der Waals surface area contributed by atoms with Crippen molar-refractivity contribution in [3.05, 3.63) is 20.1 Å². The molecule has 0 aliphatic rings. The molecule has 0 spiro atoms. The standard InChI is InChI=1S/C6H11.CH3.W.Y/c1-5-6(2,3)4;;;/h1H2,2-4H3;1H3;;/q2*-1;;. The summed E-state index contributed by atoms with van der Waals surface area (Å²) < 4.78 is 0. The Kier molecular flexibility index (Phi) is 23.8. The van der Waals surface area contributed by atoms with E-state index < -0.39 is 0 Å². The zero-order valence-corrected chi connectivity index (χ0v) is 12.5. The maximum Gasteiger partial charge on any atom is 0 e. The summed E-state index contributed by atoms with van der Waals surface area (Å²) in [4.78, 5) is 0. The third-order valence-corrected chi connectivity index (χ3v) is 0.530. The minimum Gasteiger partial charge on any atom is -0.498 e. The van der Waals surface area contributed by atoms with Crippen LogP contribution in [0.3, 0.4) is 0 Å². The Bertz CT molecular complexity index is 54.4. The SMILES string of the molecule is C=[C-]C(C)(C)C.[CH3-].[W].[Y]. The fraction of sp³-hybridized carbons (Fsp3) is 0.571. The fourth-order valence-electron chi connectivity index (χ4n) is 0. The summed E-state index contributed by atoms with van der Waals surface area (Å²) in [5.74, 6) is 0. The molecule has 53 valence electrons. The summed E-state index contributed by atoms with van der Waals surface area (Å²) in [7, 11) is 0. The number of rotatable bonds is 0. The van der Waals surface area contributed by atoms with E-state index in [1.54, 1.807) is 0 Å². The first kappa shape index (κ1) is 22.4. The van der Waals surface area contributed by atoms with Crippen molar-refractivity contribution in [2.24, 2.45) is 5.41 Å². The van der Waals surface area contributed by atoms with E-state index in [1.807, 2.05) is 0 Å². The van der Waals surface area contributed by atoms with Gasteiger partial charge >= 0.3 is 0 Å². The topological polar surface area (TPSA) is 0 Å². The largest absolute Gasteiger partial charge is 0.498 e. The summed E-state index contributed by atoms with van der Waals surface area (Å²) in [5, 5.41) is 0. The molecule has 0 aromatic carbocycles. The maximum absolute atomic E-state index is 3.51. The average Bonchev–Trinajstić information content (AvgIpc) is 1.35. The molecule has 0 rings (SSSR count). The molecule has 0 aliphatic heterocycles. The van der Waals surface area contributed by atoms with E-state index in [1.165, 1.54) is 0 Å². The van der Waals surface area contributed by atoms with E-state index in [0.29, 0.717) is 0 Å². The van der Waals surface area contributed by atoms with Crippen molar-refractivity contribution in [1.29, 1.82) is 0 Å². The zero-order chi connectivity index (χ0) is 5.21. The van der Waals surface area contributed by atoms with Crippen LogP contribution in [0.5, 0.6) is 0 Å². The summed E-state index contributed by atoms with van der Waals surface area (Å²) in [6, 6.07) is 0. The second-order valence-electron chi connectivity index (χ2n) is 2.43. The smallest absolute Gasteiger partial charge is 0 e. The quantitative estimate of drug-likeness (QED) is 0.575.